The van der Waals surface area contributed by atoms with Gasteiger partial charge in [0.1, 0.15) is 11.4 Å². The largest absolute Gasteiger partial charge is 0.481 e. The van der Waals surface area contributed by atoms with Crippen LogP contribution in [0.15, 0.2) is 24.3 Å². The second-order valence-electron chi connectivity index (χ2n) is 8.10. The van der Waals surface area contributed by atoms with Crippen LogP contribution in [0.2, 0.25) is 10.0 Å². The maximum atomic E-state index is 15.0. The lowest BCUT2D eigenvalue weighted by Crippen LogP contribution is -2.36. The minimum absolute atomic E-state index is 0.00553. The summed E-state index contributed by atoms with van der Waals surface area (Å²) < 4.78 is 20.2. The van der Waals surface area contributed by atoms with Crippen molar-refractivity contribution in [3.05, 3.63) is 56.8 Å². The van der Waals surface area contributed by atoms with Gasteiger partial charge in [-0.1, -0.05) is 23.2 Å². The van der Waals surface area contributed by atoms with Crippen LogP contribution in [-0.4, -0.2) is 22.8 Å². The number of amides is 1. The number of carboxylic acids is 1. The van der Waals surface area contributed by atoms with Gasteiger partial charge in [0.25, 0.3) is 0 Å². The number of aryl methyl sites for hydroxylation is 2. The molecule has 30 heavy (non-hydrogen) atoms. The number of hydrogen-bond acceptors (Lipinski definition) is 3. The lowest BCUT2D eigenvalue weighted by molar-refractivity contribution is -0.137. The summed E-state index contributed by atoms with van der Waals surface area (Å²) in [5.41, 5.74) is 1.35. The Balaban J connectivity index is 2.57. The first-order valence-corrected chi connectivity index (χ1v) is 10.0. The molecule has 0 aliphatic heterocycles. The molecule has 0 radical (unpaired) electrons. The standard InChI is InChI=1S/C22H24Cl2FNO4/c1-11-6-15(23)19(16(24)7-11)13-8-12(2)20(25)14(9-13)17(10-18(27)28)26-21(29)30-22(3,4)5/h6-9,17H,10H2,1-5H3,(H,26,29)(H,27,28). The van der Waals surface area contributed by atoms with Gasteiger partial charge in [0, 0.05) is 11.1 Å². The number of carbonyl (C=O) groups is 2. The number of nitrogens with one attached hydrogen (secondary N) is 1. The molecule has 0 aliphatic carbocycles. The van der Waals surface area contributed by atoms with E-state index in [0.717, 1.165) is 5.56 Å². The van der Waals surface area contributed by atoms with Crippen molar-refractivity contribution in [2.75, 3.05) is 0 Å². The summed E-state index contributed by atoms with van der Waals surface area (Å²) in [7, 11) is 0. The highest BCUT2D eigenvalue weighted by molar-refractivity contribution is 6.39. The van der Waals surface area contributed by atoms with E-state index in [1.807, 2.05) is 6.92 Å². The normalized spacial score (nSPS) is 12.4. The fraction of sp³-hybridized carbons (Fsp3) is 0.364. The summed E-state index contributed by atoms with van der Waals surface area (Å²) in [5.74, 6) is -1.83. The van der Waals surface area contributed by atoms with Crippen LogP contribution in [0.4, 0.5) is 9.18 Å². The van der Waals surface area contributed by atoms with Crippen molar-refractivity contribution >= 4 is 35.3 Å². The van der Waals surface area contributed by atoms with Crippen LogP contribution in [0.1, 0.15) is 49.9 Å². The van der Waals surface area contributed by atoms with Crippen LogP contribution in [0.5, 0.6) is 0 Å². The van der Waals surface area contributed by atoms with Crippen molar-refractivity contribution in [3.8, 4) is 11.1 Å². The monoisotopic (exact) mass is 455 g/mol. The predicted octanol–water partition coefficient (Wildman–Crippen LogP) is 6.46. The molecule has 2 rings (SSSR count). The molecule has 2 N–H and O–H groups in total. The molecule has 0 bridgehead atoms. The Morgan fingerprint density at radius 3 is 2.20 bits per heavy atom. The highest BCUT2D eigenvalue weighted by Crippen LogP contribution is 2.38. The van der Waals surface area contributed by atoms with E-state index in [9.17, 15) is 14.7 Å². The Labute approximate surface area is 185 Å². The van der Waals surface area contributed by atoms with Crippen molar-refractivity contribution in [2.45, 2.75) is 52.7 Å². The Morgan fingerprint density at radius 1 is 1.13 bits per heavy atom. The van der Waals surface area contributed by atoms with E-state index >= 15 is 4.39 Å². The summed E-state index contributed by atoms with van der Waals surface area (Å²) in [6.45, 7) is 8.41. The highest BCUT2D eigenvalue weighted by atomic mass is 35.5. The number of ether oxygens (including phenoxy) is 1. The van der Waals surface area contributed by atoms with E-state index in [4.69, 9.17) is 27.9 Å². The van der Waals surface area contributed by atoms with Gasteiger partial charge in [-0.2, -0.15) is 0 Å². The zero-order valence-corrected chi connectivity index (χ0v) is 18.9. The molecule has 2 aromatic carbocycles. The Morgan fingerprint density at radius 2 is 1.70 bits per heavy atom. The van der Waals surface area contributed by atoms with Crippen molar-refractivity contribution in [3.63, 3.8) is 0 Å². The van der Waals surface area contributed by atoms with E-state index in [0.29, 0.717) is 21.2 Å². The van der Waals surface area contributed by atoms with Crippen molar-refractivity contribution in [1.82, 2.24) is 5.32 Å². The topological polar surface area (TPSA) is 75.6 Å². The zero-order valence-electron chi connectivity index (χ0n) is 17.4. The van der Waals surface area contributed by atoms with Gasteiger partial charge in [0.15, 0.2) is 0 Å². The van der Waals surface area contributed by atoms with Crippen molar-refractivity contribution < 1.29 is 23.8 Å². The maximum absolute atomic E-state index is 15.0. The third-order valence-electron chi connectivity index (χ3n) is 4.20. The van der Waals surface area contributed by atoms with Crippen LogP contribution < -0.4 is 5.32 Å². The molecular weight excluding hydrogens is 432 g/mol. The van der Waals surface area contributed by atoms with Crippen LogP contribution in [0, 0.1) is 19.7 Å². The summed E-state index contributed by atoms with van der Waals surface area (Å²) in [5, 5.41) is 12.5. The number of rotatable bonds is 5. The number of carboxylic acid groups (broad SMARTS) is 1. The Bertz CT molecular complexity index is 963. The fourth-order valence-electron chi connectivity index (χ4n) is 3.03. The molecule has 0 fully saturated rings. The molecule has 1 atom stereocenters. The van der Waals surface area contributed by atoms with Gasteiger partial charge in [-0.05, 0) is 75.6 Å². The first-order chi connectivity index (χ1) is 13.8. The summed E-state index contributed by atoms with van der Waals surface area (Å²) in [6.07, 6.45) is -1.38. The lowest BCUT2D eigenvalue weighted by atomic mass is 9.94. The first kappa shape index (κ1) is 24.0. The molecule has 0 saturated carbocycles. The fourth-order valence-corrected chi connectivity index (χ4v) is 3.85. The average Bonchev–Trinajstić information content (AvgIpc) is 2.54. The quantitative estimate of drug-likeness (QED) is 0.542. The van der Waals surface area contributed by atoms with Crippen LogP contribution in [0.25, 0.3) is 11.1 Å². The van der Waals surface area contributed by atoms with Crippen LogP contribution in [-0.2, 0) is 9.53 Å². The van der Waals surface area contributed by atoms with Crippen molar-refractivity contribution in [2.24, 2.45) is 0 Å². The lowest BCUT2D eigenvalue weighted by Gasteiger charge is -2.24. The minimum atomic E-state index is -1.20. The van der Waals surface area contributed by atoms with E-state index in [1.165, 1.54) is 6.07 Å². The molecule has 1 amide bonds. The second kappa shape index (κ2) is 9.23. The van der Waals surface area contributed by atoms with Crippen LogP contribution in [0.3, 0.4) is 0 Å². The average molecular weight is 456 g/mol. The molecule has 0 aliphatic rings. The first-order valence-electron chi connectivity index (χ1n) is 9.26. The molecule has 1 unspecified atom stereocenters. The molecule has 8 heteroatoms. The van der Waals surface area contributed by atoms with Crippen LogP contribution >= 0.6 is 23.2 Å². The number of benzene rings is 2. The molecule has 5 nitrogen and oxygen atoms in total. The maximum Gasteiger partial charge on any atom is 0.408 e. The van der Waals surface area contributed by atoms with Crippen molar-refractivity contribution in [1.29, 1.82) is 0 Å². The number of carbonyl (C=O) groups excluding carboxylic acids is 1. The number of aliphatic carboxylic acids is 1. The highest BCUT2D eigenvalue weighted by Gasteiger charge is 2.26. The third kappa shape index (κ3) is 6.09. The summed E-state index contributed by atoms with van der Waals surface area (Å²) in [6, 6.07) is 5.34. The van der Waals surface area contributed by atoms with Gasteiger partial charge in [-0.25, -0.2) is 9.18 Å². The molecule has 0 saturated heterocycles. The summed E-state index contributed by atoms with van der Waals surface area (Å²) >= 11 is 12.7. The molecular formula is C22H24Cl2FNO4. The van der Waals surface area contributed by atoms with Gasteiger partial charge >= 0.3 is 12.1 Å². The Kier molecular flexibility index (Phi) is 7.37. The SMILES string of the molecule is Cc1cc(Cl)c(-c2cc(C)c(F)c(C(CC(=O)O)NC(=O)OC(C)(C)C)c2)c(Cl)c1. The van der Waals surface area contributed by atoms with Gasteiger partial charge in [0.2, 0.25) is 0 Å². The molecule has 2 aromatic rings. The van der Waals surface area contributed by atoms with E-state index in [-0.39, 0.29) is 11.1 Å². The van der Waals surface area contributed by atoms with Gasteiger partial charge in [0.05, 0.1) is 22.5 Å². The Hall–Kier alpha value is -2.31. The number of halogens is 3. The van der Waals surface area contributed by atoms with Gasteiger partial charge < -0.3 is 15.2 Å². The predicted molar refractivity (Wildman–Crippen MR) is 116 cm³/mol. The summed E-state index contributed by atoms with van der Waals surface area (Å²) in [4.78, 5) is 23.6. The molecule has 0 aromatic heterocycles. The number of hydrogen-bond donors (Lipinski definition) is 2. The molecule has 162 valence electrons. The number of alkyl carbamates (subject to hydrolysis) is 1. The van der Waals surface area contributed by atoms with Gasteiger partial charge in [-0.3, -0.25) is 4.79 Å². The smallest absolute Gasteiger partial charge is 0.408 e. The van der Waals surface area contributed by atoms with E-state index in [1.54, 1.807) is 45.9 Å². The molecule has 0 heterocycles. The van der Waals surface area contributed by atoms with E-state index in [2.05, 4.69) is 5.32 Å². The second-order valence-corrected chi connectivity index (χ2v) is 8.91. The van der Waals surface area contributed by atoms with E-state index < -0.39 is 35.9 Å². The zero-order chi connectivity index (χ0) is 22.8. The van der Waals surface area contributed by atoms with Gasteiger partial charge in [-0.15, -0.1) is 0 Å². The third-order valence-corrected chi connectivity index (χ3v) is 4.80. The molecule has 0 spiro atoms. The minimum Gasteiger partial charge on any atom is -0.481 e.